The molecule has 0 saturated heterocycles. The van der Waals surface area contributed by atoms with Crippen molar-refractivity contribution in [1.29, 1.82) is 0 Å². The van der Waals surface area contributed by atoms with Gasteiger partial charge in [0.05, 0.1) is 5.60 Å². The van der Waals surface area contributed by atoms with E-state index in [4.69, 9.17) is 0 Å². The smallest absolute Gasteiger partial charge is 0.0851 e. The molecule has 12 heavy (non-hydrogen) atoms. The fourth-order valence-corrected chi connectivity index (χ4v) is 1.12. The molecule has 2 heteroatoms. The van der Waals surface area contributed by atoms with Crippen molar-refractivity contribution < 1.29 is 5.11 Å². The summed E-state index contributed by atoms with van der Waals surface area (Å²) in [6, 6.07) is 3.96. The van der Waals surface area contributed by atoms with Crippen LogP contribution >= 0.6 is 0 Å². The van der Waals surface area contributed by atoms with Gasteiger partial charge in [-0.05, 0) is 19.1 Å². The molecule has 0 aromatic carbocycles. The van der Waals surface area contributed by atoms with Gasteiger partial charge in [-0.2, -0.15) is 0 Å². The van der Waals surface area contributed by atoms with Crippen molar-refractivity contribution in [3.63, 3.8) is 0 Å². The maximum Gasteiger partial charge on any atom is 0.0851 e. The average molecular weight is 165 g/mol. The van der Waals surface area contributed by atoms with Crippen LogP contribution in [-0.4, -0.2) is 15.3 Å². The van der Waals surface area contributed by atoms with Gasteiger partial charge in [0.1, 0.15) is 0 Å². The lowest BCUT2D eigenvalue weighted by atomic mass is 10.0. The van der Waals surface area contributed by atoms with E-state index >= 15 is 0 Å². The zero-order chi connectivity index (χ0) is 9.19. The van der Waals surface area contributed by atoms with Gasteiger partial charge < -0.3 is 9.67 Å². The first-order valence-electron chi connectivity index (χ1n) is 4.01. The highest BCUT2D eigenvalue weighted by molar-refractivity contribution is 5.12. The maximum absolute atomic E-state index is 9.69. The van der Waals surface area contributed by atoms with Crippen LogP contribution in [0.5, 0.6) is 0 Å². The Bertz CT molecular complexity index is 273. The molecule has 0 bridgehead atoms. The van der Waals surface area contributed by atoms with Gasteiger partial charge >= 0.3 is 0 Å². The summed E-state index contributed by atoms with van der Waals surface area (Å²) in [5, 5.41) is 9.69. The Morgan fingerprint density at radius 1 is 1.75 bits per heavy atom. The third-order valence-electron chi connectivity index (χ3n) is 2.03. The molecule has 1 atom stereocenters. The minimum Gasteiger partial charge on any atom is -0.386 e. The Balaban J connectivity index is 2.76. The zero-order valence-electron chi connectivity index (χ0n) is 7.62. The van der Waals surface area contributed by atoms with Crippen LogP contribution in [0.15, 0.2) is 31.0 Å². The van der Waals surface area contributed by atoms with Gasteiger partial charge in [0.15, 0.2) is 0 Å². The molecule has 1 aromatic heterocycles. The average Bonchev–Trinajstić information content (AvgIpc) is 2.36. The molecular weight excluding hydrogens is 150 g/mol. The third kappa shape index (κ3) is 1.98. The Morgan fingerprint density at radius 2 is 2.42 bits per heavy atom. The first-order valence-corrected chi connectivity index (χ1v) is 4.01. The van der Waals surface area contributed by atoms with Crippen LogP contribution in [0.1, 0.15) is 12.6 Å². The second kappa shape index (κ2) is 3.15. The van der Waals surface area contributed by atoms with Crippen molar-refractivity contribution >= 4 is 0 Å². The highest BCUT2D eigenvalue weighted by atomic mass is 16.3. The molecule has 2 nitrogen and oxygen atoms in total. The molecule has 0 aliphatic rings. The SMILES string of the molecule is C=CC(C)(O)Cc1cccn1C. The molecule has 0 aliphatic heterocycles. The van der Waals surface area contributed by atoms with E-state index in [2.05, 4.69) is 6.58 Å². The summed E-state index contributed by atoms with van der Waals surface area (Å²) < 4.78 is 2.00. The summed E-state index contributed by atoms with van der Waals surface area (Å²) in [6.07, 6.45) is 4.15. The highest BCUT2D eigenvalue weighted by Gasteiger charge is 2.16. The number of nitrogens with zero attached hydrogens (tertiary/aromatic N) is 1. The second-order valence-electron chi connectivity index (χ2n) is 3.35. The first-order chi connectivity index (χ1) is 5.55. The van der Waals surface area contributed by atoms with Gasteiger partial charge in [-0.1, -0.05) is 6.08 Å². The Morgan fingerprint density at radius 3 is 2.83 bits per heavy atom. The fraction of sp³-hybridized carbons (Fsp3) is 0.400. The summed E-state index contributed by atoms with van der Waals surface area (Å²) in [6.45, 7) is 5.34. The van der Waals surface area contributed by atoms with Crippen LogP contribution in [-0.2, 0) is 13.5 Å². The summed E-state index contributed by atoms with van der Waals surface area (Å²) >= 11 is 0. The van der Waals surface area contributed by atoms with Gasteiger partial charge in [-0.3, -0.25) is 0 Å². The lowest BCUT2D eigenvalue weighted by Crippen LogP contribution is -2.24. The van der Waals surface area contributed by atoms with E-state index < -0.39 is 5.60 Å². The van der Waals surface area contributed by atoms with Crippen molar-refractivity contribution in [3.05, 3.63) is 36.7 Å². The molecule has 0 aliphatic carbocycles. The molecule has 0 spiro atoms. The van der Waals surface area contributed by atoms with E-state index in [1.54, 1.807) is 13.0 Å². The highest BCUT2D eigenvalue weighted by Crippen LogP contribution is 2.13. The molecule has 1 heterocycles. The quantitative estimate of drug-likeness (QED) is 0.675. The van der Waals surface area contributed by atoms with E-state index in [9.17, 15) is 5.11 Å². The molecule has 1 rings (SSSR count). The summed E-state index contributed by atoms with van der Waals surface area (Å²) in [7, 11) is 1.97. The van der Waals surface area contributed by atoms with Crippen LogP contribution in [0.25, 0.3) is 0 Å². The Kier molecular flexibility index (Phi) is 2.38. The Labute approximate surface area is 73.1 Å². The van der Waals surface area contributed by atoms with Crippen LogP contribution in [0.3, 0.4) is 0 Å². The van der Waals surface area contributed by atoms with Crippen LogP contribution in [0.2, 0.25) is 0 Å². The molecule has 0 saturated carbocycles. The second-order valence-corrected chi connectivity index (χ2v) is 3.35. The fourth-order valence-electron chi connectivity index (χ4n) is 1.12. The predicted molar refractivity (Wildman–Crippen MR) is 49.9 cm³/mol. The molecular formula is C10H15NO. The third-order valence-corrected chi connectivity index (χ3v) is 2.03. The van der Waals surface area contributed by atoms with Gasteiger partial charge in [0.25, 0.3) is 0 Å². The summed E-state index contributed by atoms with van der Waals surface area (Å²) in [4.78, 5) is 0. The van der Waals surface area contributed by atoms with Crippen molar-refractivity contribution in [2.24, 2.45) is 7.05 Å². The topological polar surface area (TPSA) is 25.2 Å². The maximum atomic E-state index is 9.69. The minimum absolute atomic E-state index is 0.611. The lowest BCUT2D eigenvalue weighted by Gasteiger charge is -2.18. The van der Waals surface area contributed by atoms with Crippen molar-refractivity contribution in [2.75, 3.05) is 0 Å². The molecule has 1 N–H and O–H groups in total. The van der Waals surface area contributed by atoms with Crippen LogP contribution < -0.4 is 0 Å². The molecule has 0 radical (unpaired) electrons. The number of aliphatic hydroxyl groups is 1. The van der Waals surface area contributed by atoms with E-state index in [-0.39, 0.29) is 0 Å². The first kappa shape index (κ1) is 9.07. The standard InChI is InChI=1S/C10H15NO/c1-4-10(2,12)8-9-6-5-7-11(9)3/h4-7,12H,1,8H2,2-3H3. The molecule has 66 valence electrons. The van der Waals surface area contributed by atoms with Gasteiger partial charge in [-0.15, -0.1) is 6.58 Å². The Hall–Kier alpha value is -1.02. The number of aryl methyl sites for hydroxylation is 1. The van der Waals surface area contributed by atoms with Crippen LogP contribution in [0, 0.1) is 0 Å². The largest absolute Gasteiger partial charge is 0.386 e. The minimum atomic E-state index is -0.799. The predicted octanol–water partition coefficient (Wildman–Crippen LogP) is 1.50. The van der Waals surface area contributed by atoms with Crippen LogP contribution in [0.4, 0.5) is 0 Å². The van der Waals surface area contributed by atoms with Crippen molar-refractivity contribution in [2.45, 2.75) is 18.9 Å². The van der Waals surface area contributed by atoms with Crippen molar-refractivity contribution in [1.82, 2.24) is 4.57 Å². The monoisotopic (exact) mass is 165 g/mol. The van der Waals surface area contributed by atoms with Gasteiger partial charge in [-0.25, -0.2) is 0 Å². The zero-order valence-corrected chi connectivity index (χ0v) is 7.62. The van der Waals surface area contributed by atoms with Crippen molar-refractivity contribution in [3.8, 4) is 0 Å². The normalized spacial score (nSPS) is 15.6. The summed E-state index contributed by atoms with van der Waals surface area (Å²) in [5.74, 6) is 0. The number of hydrogen-bond acceptors (Lipinski definition) is 1. The number of rotatable bonds is 3. The van der Waals surface area contributed by atoms with Gasteiger partial charge in [0, 0.05) is 25.4 Å². The number of hydrogen-bond donors (Lipinski definition) is 1. The summed E-state index contributed by atoms with van der Waals surface area (Å²) in [5.41, 5.74) is 0.312. The van der Waals surface area contributed by atoms with E-state index in [0.29, 0.717) is 6.42 Å². The molecule has 0 amide bonds. The molecule has 1 unspecified atom stereocenters. The van der Waals surface area contributed by atoms with E-state index in [0.717, 1.165) is 5.69 Å². The van der Waals surface area contributed by atoms with Gasteiger partial charge in [0.2, 0.25) is 0 Å². The molecule has 0 fully saturated rings. The van der Waals surface area contributed by atoms with E-state index in [1.807, 2.05) is 29.9 Å². The number of aromatic nitrogens is 1. The lowest BCUT2D eigenvalue weighted by molar-refractivity contribution is 0.111. The molecule has 1 aromatic rings. The van der Waals surface area contributed by atoms with E-state index in [1.165, 1.54) is 0 Å².